The first-order chi connectivity index (χ1) is 8.92. The van der Waals surface area contributed by atoms with E-state index in [2.05, 4.69) is 66.7 Å². The summed E-state index contributed by atoms with van der Waals surface area (Å²) in [5, 5.41) is 0. The monoisotopic (exact) mass is 326 g/mol. The molecule has 1 rings (SSSR count). The lowest BCUT2D eigenvalue weighted by atomic mass is 10.1. The Balaban J connectivity index is 2.77. The second-order valence-electron chi connectivity index (χ2n) is 6.11. The van der Waals surface area contributed by atoms with Gasteiger partial charge in [-0.1, -0.05) is 55.8 Å². The number of rotatable bonds is 7. The summed E-state index contributed by atoms with van der Waals surface area (Å²) in [5.74, 6) is 1.39. The maximum absolute atomic E-state index is 5.67. The van der Waals surface area contributed by atoms with Crippen LogP contribution in [0, 0.1) is 11.8 Å². The van der Waals surface area contributed by atoms with Gasteiger partial charge in [-0.15, -0.1) is 0 Å². The van der Waals surface area contributed by atoms with Gasteiger partial charge in [0, 0.05) is 30.7 Å². The third-order valence-electron chi connectivity index (χ3n) is 2.99. The second kappa shape index (κ2) is 8.03. The Labute approximate surface area is 126 Å². The molecular formula is C16H27BrN2. The molecule has 0 aliphatic rings. The third kappa shape index (κ3) is 6.07. The summed E-state index contributed by atoms with van der Waals surface area (Å²) in [6, 6.07) is 6.46. The molecule has 19 heavy (non-hydrogen) atoms. The van der Waals surface area contributed by atoms with E-state index >= 15 is 0 Å². The summed E-state index contributed by atoms with van der Waals surface area (Å²) < 4.78 is 1.17. The highest BCUT2D eigenvalue weighted by atomic mass is 79.9. The van der Waals surface area contributed by atoms with Gasteiger partial charge in [-0.05, 0) is 29.0 Å². The highest BCUT2D eigenvalue weighted by Gasteiger charge is 2.12. The smallest absolute Gasteiger partial charge is 0.0245 e. The van der Waals surface area contributed by atoms with Gasteiger partial charge in [0.1, 0.15) is 0 Å². The van der Waals surface area contributed by atoms with Crippen LogP contribution in [0.3, 0.4) is 0 Å². The van der Waals surface area contributed by atoms with Gasteiger partial charge in [-0.3, -0.25) is 4.90 Å². The van der Waals surface area contributed by atoms with E-state index in [1.165, 1.54) is 15.6 Å². The number of benzene rings is 1. The molecule has 0 heterocycles. The van der Waals surface area contributed by atoms with Crippen molar-refractivity contribution in [3.05, 3.63) is 33.8 Å². The Kier molecular flexibility index (Phi) is 7.05. The van der Waals surface area contributed by atoms with Gasteiger partial charge in [0.05, 0.1) is 0 Å². The quantitative estimate of drug-likeness (QED) is 0.819. The molecular weight excluding hydrogens is 300 g/mol. The van der Waals surface area contributed by atoms with E-state index in [9.17, 15) is 0 Å². The Hall–Kier alpha value is -0.380. The summed E-state index contributed by atoms with van der Waals surface area (Å²) in [6.45, 7) is 13.0. The van der Waals surface area contributed by atoms with Crippen LogP contribution >= 0.6 is 15.9 Å². The van der Waals surface area contributed by atoms with E-state index in [-0.39, 0.29) is 0 Å². The van der Waals surface area contributed by atoms with Gasteiger partial charge in [0.2, 0.25) is 0 Å². The molecule has 0 unspecified atom stereocenters. The third-order valence-corrected chi connectivity index (χ3v) is 3.73. The summed E-state index contributed by atoms with van der Waals surface area (Å²) in [6.07, 6.45) is 0. The molecule has 0 atom stereocenters. The zero-order chi connectivity index (χ0) is 14.4. The fourth-order valence-electron chi connectivity index (χ4n) is 2.32. The number of hydrogen-bond donors (Lipinski definition) is 1. The Morgan fingerprint density at radius 1 is 1.11 bits per heavy atom. The van der Waals surface area contributed by atoms with E-state index in [0.29, 0.717) is 18.4 Å². The molecule has 0 saturated carbocycles. The first-order valence-corrected chi connectivity index (χ1v) is 7.91. The predicted octanol–water partition coefficient (Wildman–Crippen LogP) is 4.02. The standard InChI is InChI=1S/C16H27BrN2/c1-12(2)9-19(10-13(3)4)11-15-6-5-14(8-18)7-16(15)17/h5-7,12-13H,8-11,18H2,1-4H3. The minimum absolute atomic E-state index is 0.598. The van der Waals surface area contributed by atoms with Crippen LogP contribution in [0.5, 0.6) is 0 Å². The molecule has 108 valence electrons. The van der Waals surface area contributed by atoms with Crippen molar-refractivity contribution in [2.24, 2.45) is 17.6 Å². The molecule has 0 aromatic heterocycles. The van der Waals surface area contributed by atoms with Crippen molar-refractivity contribution in [3.63, 3.8) is 0 Å². The molecule has 1 aromatic rings. The largest absolute Gasteiger partial charge is 0.326 e. The summed E-state index contributed by atoms with van der Waals surface area (Å²) in [7, 11) is 0. The fourth-order valence-corrected chi connectivity index (χ4v) is 2.87. The maximum atomic E-state index is 5.67. The van der Waals surface area contributed by atoms with Gasteiger partial charge in [0.25, 0.3) is 0 Å². The second-order valence-corrected chi connectivity index (χ2v) is 6.97. The molecule has 0 radical (unpaired) electrons. The molecule has 0 fully saturated rings. The van der Waals surface area contributed by atoms with Crippen LogP contribution in [0.1, 0.15) is 38.8 Å². The van der Waals surface area contributed by atoms with Crippen molar-refractivity contribution in [2.45, 2.75) is 40.8 Å². The molecule has 0 aliphatic carbocycles. The summed E-state index contributed by atoms with van der Waals surface area (Å²) in [5.41, 5.74) is 8.19. The number of halogens is 1. The van der Waals surface area contributed by atoms with Crippen LogP contribution in [0.2, 0.25) is 0 Å². The van der Waals surface area contributed by atoms with Crippen LogP contribution < -0.4 is 5.73 Å². The maximum Gasteiger partial charge on any atom is 0.0245 e. The predicted molar refractivity (Wildman–Crippen MR) is 87.0 cm³/mol. The zero-order valence-electron chi connectivity index (χ0n) is 12.6. The molecule has 2 N–H and O–H groups in total. The topological polar surface area (TPSA) is 29.3 Å². The van der Waals surface area contributed by atoms with Crippen molar-refractivity contribution < 1.29 is 0 Å². The number of nitrogens with zero attached hydrogens (tertiary/aromatic N) is 1. The first-order valence-electron chi connectivity index (χ1n) is 7.12. The Morgan fingerprint density at radius 3 is 2.11 bits per heavy atom. The van der Waals surface area contributed by atoms with Crippen LogP contribution in [0.4, 0.5) is 0 Å². The number of nitrogens with two attached hydrogens (primary N) is 1. The van der Waals surface area contributed by atoms with E-state index in [0.717, 1.165) is 19.6 Å². The summed E-state index contributed by atoms with van der Waals surface area (Å²) in [4.78, 5) is 2.54. The van der Waals surface area contributed by atoms with Crippen LogP contribution in [0.25, 0.3) is 0 Å². The average Bonchev–Trinajstić information content (AvgIpc) is 2.30. The molecule has 0 amide bonds. The van der Waals surface area contributed by atoms with Gasteiger partial charge < -0.3 is 5.73 Å². The van der Waals surface area contributed by atoms with E-state index in [1.807, 2.05) is 0 Å². The zero-order valence-corrected chi connectivity index (χ0v) is 14.2. The molecule has 0 saturated heterocycles. The fraction of sp³-hybridized carbons (Fsp3) is 0.625. The molecule has 2 nitrogen and oxygen atoms in total. The van der Waals surface area contributed by atoms with E-state index in [4.69, 9.17) is 5.73 Å². The Bertz CT molecular complexity index is 378. The first kappa shape index (κ1) is 16.7. The molecule has 3 heteroatoms. The molecule has 0 spiro atoms. The van der Waals surface area contributed by atoms with E-state index in [1.54, 1.807) is 0 Å². The van der Waals surface area contributed by atoms with Crippen molar-refractivity contribution in [2.75, 3.05) is 13.1 Å². The lowest BCUT2D eigenvalue weighted by molar-refractivity contribution is 0.211. The van der Waals surface area contributed by atoms with Gasteiger partial charge >= 0.3 is 0 Å². The van der Waals surface area contributed by atoms with Gasteiger partial charge in [-0.2, -0.15) is 0 Å². The molecule has 0 bridgehead atoms. The molecule has 0 aliphatic heterocycles. The average molecular weight is 327 g/mol. The minimum Gasteiger partial charge on any atom is -0.326 e. The highest BCUT2D eigenvalue weighted by molar-refractivity contribution is 9.10. The lowest BCUT2D eigenvalue weighted by Crippen LogP contribution is -2.31. The van der Waals surface area contributed by atoms with Gasteiger partial charge in [0.15, 0.2) is 0 Å². The van der Waals surface area contributed by atoms with Crippen molar-refractivity contribution >= 4 is 15.9 Å². The normalized spacial score (nSPS) is 11.8. The minimum atomic E-state index is 0.598. The van der Waals surface area contributed by atoms with Crippen LogP contribution in [-0.2, 0) is 13.1 Å². The van der Waals surface area contributed by atoms with Gasteiger partial charge in [-0.25, -0.2) is 0 Å². The SMILES string of the molecule is CC(C)CN(Cc1ccc(CN)cc1Br)CC(C)C. The van der Waals surface area contributed by atoms with Crippen LogP contribution in [-0.4, -0.2) is 18.0 Å². The van der Waals surface area contributed by atoms with Crippen molar-refractivity contribution in [1.82, 2.24) is 4.90 Å². The summed E-state index contributed by atoms with van der Waals surface area (Å²) >= 11 is 3.67. The van der Waals surface area contributed by atoms with Crippen molar-refractivity contribution in [3.8, 4) is 0 Å². The van der Waals surface area contributed by atoms with Crippen molar-refractivity contribution in [1.29, 1.82) is 0 Å². The lowest BCUT2D eigenvalue weighted by Gasteiger charge is -2.26. The Morgan fingerprint density at radius 2 is 1.68 bits per heavy atom. The van der Waals surface area contributed by atoms with E-state index < -0.39 is 0 Å². The highest BCUT2D eigenvalue weighted by Crippen LogP contribution is 2.21. The molecule has 1 aromatic carbocycles. The number of hydrogen-bond acceptors (Lipinski definition) is 2. The van der Waals surface area contributed by atoms with Crippen LogP contribution in [0.15, 0.2) is 22.7 Å².